The van der Waals surface area contributed by atoms with E-state index in [1.165, 1.54) is 5.56 Å². The summed E-state index contributed by atoms with van der Waals surface area (Å²) in [4.78, 5) is 8.72. The van der Waals surface area contributed by atoms with Crippen molar-refractivity contribution in [1.29, 1.82) is 0 Å². The number of hydrogen-bond acceptors (Lipinski definition) is 4. The third kappa shape index (κ3) is 4.38. The van der Waals surface area contributed by atoms with Gasteiger partial charge in [0.25, 0.3) is 0 Å². The fourth-order valence-electron chi connectivity index (χ4n) is 2.24. The average Bonchev–Trinajstić information content (AvgIpc) is 3.10. The van der Waals surface area contributed by atoms with E-state index in [9.17, 15) is 0 Å². The molecule has 0 amide bonds. The predicted octanol–water partition coefficient (Wildman–Crippen LogP) is 3.59. The van der Waals surface area contributed by atoms with Gasteiger partial charge in [0, 0.05) is 11.3 Å². The molecule has 0 aliphatic carbocycles. The lowest BCUT2D eigenvalue weighted by Crippen LogP contribution is -2.22. The van der Waals surface area contributed by atoms with Crippen molar-refractivity contribution in [3.63, 3.8) is 0 Å². The van der Waals surface area contributed by atoms with Crippen molar-refractivity contribution in [2.24, 2.45) is 10.7 Å². The summed E-state index contributed by atoms with van der Waals surface area (Å²) in [5, 5.41) is 3.02. The number of oxazole rings is 1. The summed E-state index contributed by atoms with van der Waals surface area (Å²) in [6.45, 7) is 2.38. The van der Waals surface area contributed by atoms with Crippen molar-refractivity contribution >= 4 is 11.6 Å². The second-order valence-electron chi connectivity index (χ2n) is 5.56. The Balaban J connectivity index is 1.62. The SMILES string of the molecule is COc1ccc(NC(N)=NCc2coc(-c3ccc(C)cc3)n2)cc1. The monoisotopic (exact) mass is 336 g/mol. The maximum atomic E-state index is 5.91. The number of methoxy groups -OCH3 is 1. The van der Waals surface area contributed by atoms with E-state index in [-0.39, 0.29) is 0 Å². The number of nitrogens with two attached hydrogens (primary N) is 1. The zero-order valence-corrected chi connectivity index (χ0v) is 14.2. The van der Waals surface area contributed by atoms with Crippen LogP contribution < -0.4 is 15.8 Å². The Morgan fingerprint density at radius 3 is 2.56 bits per heavy atom. The Kier molecular flexibility index (Phi) is 4.99. The molecule has 0 atom stereocenters. The van der Waals surface area contributed by atoms with Crippen LogP contribution in [0.4, 0.5) is 5.69 Å². The average molecular weight is 336 g/mol. The summed E-state index contributed by atoms with van der Waals surface area (Å²) in [6, 6.07) is 15.4. The normalized spacial score (nSPS) is 11.4. The Hall–Kier alpha value is -3.28. The highest BCUT2D eigenvalue weighted by molar-refractivity contribution is 5.92. The molecular weight excluding hydrogens is 316 g/mol. The van der Waals surface area contributed by atoms with Gasteiger partial charge in [-0.2, -0.15) is 0 Å². The molecule has 1 aromatic heterocycles. The highest BCUT2D eigenvalue weighted by Crippen LogP contribution is 2.19. The molecule has 0 unspecified atom stereocenters. The van der Waals surface area contributed by atoms with E-state index < -0.39 is 0 Å². The third-order valence-corrected chi connectivity index (χ3v) is 3.62. The van der Waals surface area contributed by atoms with Gasteiger partial charge in [-0.05, 0) is 43.3 Å². The van der Waals surface area contributed by atoms with E-state index in [0.29, 0.717) is 18.4 Å². The molecule has 0 spiro atoms. The summed E-state index contributed by atoms with van der Waals surface area (Å²) in [6.07, 6.45) is 1.60. The van der Waals surface area contributed by atoms with Gasteiger partial charge in [0.1, 0.15) is 17.7 Å². The number of rotatable bonds is 5. The number of guanidine groups is 1. The highest BCUT2D eigenvalue weighted by Gasteiger charge is 2.06. The molecule has 2 aromatic carbocycles. The smallest absolute Gasteiger partial charge is 0.226 e. The molecule has 0 fully saturated rings. The summed E-state index contributed by atoms with van der Waals surface area (Å²) in [5.41, 5.74) is 9.59. The second-order valence-corrected chi connectivity index (χ2v) is 5.56. The zero-order valence-electron chi connectivity index (χ0n) is 14.2. The number of anilines is 1. The predicted molar refractivity (Wildman–Crippen MR) is 98.6 cm³/mol. The Labute approximate surface area is 146 Å². The number of aryl methyl sites for hydroxylation is 1. The minimum Gasteiger partial charge on any atom is -0.497 e. The molecule has 0 radical (unpaired) electrons. The van der Waals surface area contributed by atoms with Crippen molar-refractivity contribution in [1.82, 2.24) is 4.98 Å². The maximum absolute atomic E-state index is 5.91. The number of aliphatic imine (C=N–C) groups is 1. The van der Waals surface area contributed by atoms with Gasteiger partial charge in [-0.25, -0.2) is 9.98 Å². The molecule has 0 saturated carbocycles. The second kappa shape index (κ2) is 7.53. The topological polar surface area (TPSA) is 85.7 Å². The third-order valence-electron chi connectivity index (χ3n) is 3.62. The fraction of sp³-hybridized carbons (Fsp3) is 0.158. The van der Waals surface area contributed by atoms with Gasteiger partial charge >= 0.3 is 0 Å². The van der Waals surface area contributed by atoms with Gasteiger partial charge < -0.3 is 20.2 Å². The van der Waals surface area contributed by atoms with E-state index >= 15 is 0 Å². The van der Waals surface area contributed by atoms with Crippen LogP contribution in [0.2, 0.25) is 0 Å². The number of benzene rings is 2. The van der Waals surface area contributed by atoms with Crippen LogP contribution in [0.25, 0.3) is 11.5 Å². The number of ether oxygens (including phenoxy) is 1. The number of nitrogens with zero attached hydrogens (tertiary/aromatic N) is 2. The van der Waals surface area contributed by atoms with Crippen LogP contribution in [-0.2, 0) is 6.54 Å². The van der Waals surface area contributed by atoms with Gasteiger partial charge in [-0.1, -0.05) is 17.7 Å². The van der Waals surface area contributed by atoms with Crippen LogP contribution in [0, 0.1) is 6.92 Å². The van der Waals surface area contributed by atoms with E-state index in [4.69, 9.17) is 14.9 Å². The lowest BCUT2D eigenvalue weighted by Gasteiger charge is -2.06. The minimum atomic E-state index is 0.310. The van der Waals surface area contributed by atoms with Crippen LogP contribution in [0.15, 0.2) is 64.2 Å². The summed E-state index contributed by atoms with van der Waals surface area (Å²) < 4.78 is 10.6. The molecule has 128 valence electrons. The summed E-state index contributed by atoms with van der Waals surface area (Å²) in [7, 11) is 1.63. The molecule has 3 N–H and O–H groups in total. The van der Waals surface area contributed by atoms with Crippen LogP contribution in [0.5, 0.6) is 5.75 Å². The van der Waals surface area contributed by atoms with Crippen molar-refractivity contribution < 1.29 is 9.15 Å². The zero-order chi connectivity index (χ0) is 17.6. The Morgan fingerprint density at radius 2 is 1.88 bits per heavy atom. The van der Waals surface area contributed by atoms with Gasteiger partial charge in [-0.15, -0.1) is 0 Å². The standard InChI is InChI=1S/C19H20N4O2/c1-13-3-5-14(6-4-13)18-22-16(12-25-18)11-21-19(20)23-15-7-9-17(24-2)10-8-15/h3-10,12H,11H2,1-2H3,(H3,20,21,23). The first-order valence-corrected chi connectivity index (χ1v) is 7.86. The quantitative estimate of drug-likeness (QED) is 0.549. The molecular formula is C19H20N4O2. The van der Waals surface area contributed by atoms with E-state index in [2.05, 4.69) is 15.3 Å². The largest absolute Gasteiger partial charge is 0.497 e. The van der Waals surface area contributed by atoms with E-state index in [1.54, 1.807) is 13.4 Å². The molecule has 6 nitrogen and oxygen atoms in total. The molecule has 3 rings (SSSR count). The van der Waals surface area contributed by atoms with Crippen LogP contribution in [0.1, 0.15) is 11.3 Å². The highest BCUT2D eigenvalue weighted by atomic mass is 16.5. The van der Waals surface area contributed by atoms with E-state index in [0.717, 1.165) is 22.7 Å². The molecule has 25 heavy (non-hydrogen) atoms. The molecule has 0 bridgehead atoms. The van der Waals surface area contributed by atoms with Crippen LogP contribution in [-0.4, -0.2) is 18.1 Å². The number of hydrogen-bond donors (Lipinski definition) is 2. The Bertz CT molecular complexity index is 852. The van der Waals surface area contributed by atoms with Crippen molar-refractivity contribution in [3.8, 4) is 17.2 Å². The van der Waals surface area contributed by atoms with Crippen LogP contribution >= 0.6 is 0 Å². The lowest BCUT2D eigenvalue weighted by atomic mass is 10.1. The van der Waals surface area contributed by atoms with Gasteiger partial charge in [-0.3, -0.25) is 0 Å². The van der Waals surface area contributed by atoms with E-state index in [1.807, 2.05) is 55.5 Å². The first-order valence-electron chi connectivity index (χ1n) is 7.86. The van der Waals surface area contributed by atoms with Crippen molar-refractivity contribution in [3.05, 3.63) is 66.1 Å². The first-order chi connectivity index (χ1) is 12.1. The van der Waals surface area contributed by atoms with Gasteiger partial charge in [0.05, 0.1) is 13.7 Å². The molecule has 0 saturated heterocycles. The van der Waals surface area contributed by atoms with Gasteiger partial charge in [0.2, 0.25) is 5.89 Å². The molecule has 0 aliphatic heterocycles. The van der Waals surface area contributed by atoms with Crippen LogP contribution in [0.3, 0.4) is 0 Å². The number of aromatic nitrogens is 1. The van der Waals surface area contributed by atoms with Crippen molar-refractivity contribution in [2.45, 2.75) is 13.5 Å². The molecule has 0 aliphatic rings. The minimum absolute atomic E-state index is 0.310. The van der Waals surface area contributed by atoms with Crippen molar-refractivity contribution in [2.75, 3.05) is 12.4 Å². The Morgan fingerprint density at radius 1 is 1.16 bits per heavy atom. The maximum Gasteiger partial charge on any atom is 0.226 e. The first kappa shape index (κ1) is 16.6. The summed E-state index contributed by atoms with van der Waals surface area (Å²) >= 11 is 0. The lowest BCUT2D eigenvalue weighted by molar-refractivity contribution is 0.415. The molecule has 6 heteroatoms. The van der Waals surface area contributed by atoms with Gasteiger partial charge in [0.15, 0.2) is 5.96 Å². The molecule has 1 heterocycles. The number of nitrogens with one attached hydrogen (secondary N) is 1. The molecule has 3 aromatic rings. The fourth-order valence-corrected chi connectivity index (χ4v) is 2.24. The summed E-state index contributed by atoms with van der Waals surface area (Å²) in [5.74, 6) is 1.67.